The summed E-state index contributed by atoms with van der Waals surface area (Å²) >= 11 is 0. The van der Waals surface area contributed by atoms with Gasteiger partial charge in [-0.05, 0) is 18.6 Å². The first-order chi connectivity index (χ1) is 8.13. The highest BCUT2D eigenvalue weighted by Gasteiger charge is 2.29. The van der Waals surface area contributed by atoms with Crippen molar-refractivity contribution in [3.8, 4) is 11.8 Å². The van der Waals surface area contributed by atoms with E-state index >= 15 is 0 Å². The zero-order chi connectivity index (χ0) is 12.3. The number of nitrogens with two attached hydrogens (primary N) is 1. The molecule has 0 bridgehead atoms. The molecular weight excluding hydrogens is 238 g/mol. The first-order valence-electron chi connectivity index (χ1n) is 5.29. The first-order valence-corrected chi connectivity index (χ1v) is 6.90. The van der Waals surface area contributed by atoms with Crippen LogP contribution in [-0.2, 0) is 10.0 Å². The van der Waals surface area contributed by atoms with E-state index in [1.807, 2.05) is 0 Å². The Bertz CT molecular complexity index is 572. The van der Waals surface area contributed by atoms with Gasteiger partial charge in [0.25, 0.3) is 0 Å². The van der Waals surface area contributed by atoms with Crippen LogP contribution in [0.1, 0.15) is 12.0 Å². The number of pyridine rings is 1. The normalized spacial score (nSPS) is 17.6. The van der Waals surface area contributed by atoms with Crippen molar-refractivity contribution in [3.63, 3.8) is 0 Å². The van der Waals surface area contributed by atoms with Gasteiger partial charge in [0.1, 0.15) is 5.82 Å². The standard InChI is InChI=1S/C11H13N3O2S/c12-5-1-3-10-4-6-13-11(9-10)14-7-2-8-17(14,15)16/h4,6,9H,2,5,7-8,12H2. The molecule has 0 radical (unpaired) electrons. The molecule has 1 aliphatic rings. The largest absolute Gasteiger partial charge is 0.320 e. The van der Waals surface area contributed by atoms with E-state index in [-0.39, 0.29) is 12.3 Å². The van der Waals surface area contributed by atoms with E-state index in [1.165, 1.54) is 4.31 Å². The predicted octanol–water partition coefficient (Wildman–Crippen LogP) is -0.0683. The van der Waals surface area contributed by atoms with Crippen LogP contribution in [0.25, 0.3) is 0 Å². The zero-order valence-electron chi connectivity index (χ0n) is 9.26. The zero-order valence-corrected chi connectivity index (χ0v) is 10.1. The molecule has 1 aromatic heterocycles. The minimum Gasteiger partial charge on any atom is -0.320 e. The van der Waals surface area contributed by atoms with E-state index in [4.69, 9.17) is 5.73 Å². The molecule has 1 saturated heterocycles. The highest BCUT2D eigenvalue weighted by atomic mass is 32.2. The van der Waals surface area contributed by atoms with Gasteiger partial charge in [0.05, 0.1) is 12.3 Å². The first kappa shape index (κ1) is 11.9. The minimum atomic E-state index is -3.18. The van der Waals surface area contributed by atoms with Crippen molar-refractivity contribution >= 4 is 15.8 Å². The lowest BCUT2D eigenvalue weighted by molar-refractivity contribution is 0.599. The monoisotopic (exact) mass is 251 g/mol. The molecule has 2 rings (SSSR count). The van der Waals surface area contributed by atoms with Crippen molar-refractivity contribution in [2.75, 3.05) is 23.1 Å². The summed E-state index contributed by atoms with van der Waals surface area (Å²) in [5.41, 5.74) is 6.01. The van der Waals surface area contributed by atoms with Gasteiger partial charge in [0, 0.05) is 18.3 Å². The Kier molecular flexibility index (Phi) is 3.31. The molecule has 1 aliphatic heterocycles. The van der Waals surface area contributed by atoms with E-state index < -0.39 is 10.0 Å². The van der Waals surface area contributed by atoms with Crippen LogP contribution in [-0.4, -0.2) is 32.2 Å². The fraction of sp³-hybridized carbons (Fsp3) is 0.364. The number of anilines is 1. The average Bonchev–Trinajstić information content (AvgIpc) is 2.67. The van der Waals surface area contributed by atoms with Crippen molar-refractivity contribution in [2.45, 2.75) is 6.42 Å². The fourth-order valence-electron chi connectivity index (χ4n) is 1.68. The fourth-order valence-corrected chi connectivity index (χ4v) is 3.19. The third-order valence-electron chi connectivity index (χ3n) is 2.44. The topological polar surface area (TPSA) is 76.3 Å². The van der Waals surface area contributed by atoms with E-state index in [2.05, 4.69) is 16.8 Å². The molecule has 0 atom stereocenters. The quantitative estimate of drug-likeness (QED) is 0.709. The second-order valence-corrected chi connectivity index (χ2v) is 5.66. The number of hydrogen-bond donors (Lipinski definition) is 1. The van der Waals surface area contributed by atoms with Gasteiger partial charge in [-0.1, -0.05) is 11.8 Å². The van der Waals surface area contributed by atoms with Crippen LogP contribution in [0.2, 0.25) is 0 Å². The van der Waals surface area contributed by atoms with Crippen LogP contribution in [0.3, 0.4) is 0 Å². The molecule has 0 spiro atoms. The summed E-state index contributed by atoms with van der Waals surface area (Å²) in [5.74, 6) is 6.21. The van der Waals surface area contributed by atoms with Crippen LogP contribution in [0.5, 0.6) is 0 Å². The molecule has 90 valence electrons. The molecule has 0 aromatic carbocycles. The summed E-state index contributed by atoms with van der Waals surface area (Å²) < 4.78 is 24.8. The lowest BCUT2D eigenvalue weighted by Gasteiger charge is -2.15. The van der Waals surface area contributed by atoms with Gasteiger partial charge >= 0.3 is 0 Å². The van der Waals surface area contributed by atoms with E-state index in [0.717, 1.165) is 5.56 Å². The van der Waals surface area contributed by atoms with Gasteiger partial charge in [-0.25, -0.2) is 13.4 Å². The molecule has 1 fully saturated rings. The Morgan fingerprint density at radius 1 is 1.53 bits per heavy atom. The van der Waals surface area contributed by atoms with Gasteiger partial charge in [0.15, 0.2) is 0 Å². The molecule has 1 aromatic rings. The Morgan fingerprint density at radius 2 is 2.35 bits per heavy atom. The van der Waals surface area contributed by atoms with Crippen LogP contribution in [0, 0.1) is 11.8 Å². The maximum absolute atomic E-state index is 11.7. The summed E-state index contributed by atoms with van der Waals surface area (Å²) in [6.07, 6.45) is 2.20. The van der Waals surface area contributed by atoms with Gasteiger partial charge in [-0.3, -0.25) is 4.31 Å². The highest BCUT2D eigenvalue weighted by molar-refractivity contribution is 7.93. The summed E-state index contributed by atoms with van der Waals surface area (Å²) in [5, 5.41) is 0. The summed E-state index contributed by atoms with van der Waals surface area (Å²) in [6.45, 7) is 0.767. The molecule has 2 N–H and O–H groups in total. The molecule has 5 nitrogen and oxygen atoms in total. The Labute approximate surface area is 101 Å². The number of hydrogen-bond acceptors (Lipinski definition) is 4. The Hall–Kier alpha value is -1.58. The van der Waals surface area contributed by atoms with Crippen molar-refractivity contribution in [3.05, 3.63) is 23.9 Å². The maximum Gasteiger partial charge on any atom is 0.236 e. The van der Waals surface area contributed by atoms with Gasteiger partial charge in [-0.2, -0.15) is 0 Å². The predicted molar refractivity (Wildman–Crippen MR) is 65.9 cm³/mol. The lowest BCUT2D eigenvalue weighted by atomic mass is 10.2. The van der Waals surface area contributed by atoms with Crippen molar-refractivity contribution in [1.29, 1.82) is 0 Å². The van der Waals surface area contributed by atoms with Crippen LogP contribution in [0.15, 0.2) is 18.3 Å². The van der Waals surface area contributed by atoms with E-state index in [0.29, 0.717) is 18.8 Å². The maximum atomic E-state index is 11.7. The molecule has 0 aliphatic carbocycles. The minimum absolute atomic E-state index is 0.188. The lowest BCUT2D eigenvalue weighted by Crippen LogP contribution is -2.25. The van der Waals surface area contributed by atoms with E-state index in [1.54, 1.807) is 18.3 Å². The van der Waals surface area contributed by atoms with Gasteiger partial charge in [0.2, 0.25) is 10.0 Å². The number of aromatic nitrogens is 1. The third-order valence-corrected chi connectivity index (χ3v) is 4.28. The van der Waals surface area contributed by atoms with E-state index in [9.17, 15) is 8.42 Å². The van der Waals surface area contributed by atoms with Crippen molar-refractivity contribution in [1.82, 2.24) is 4.98 Å². The molecule has 0 saturated carbocycles. The van der Waals surface area contributed by atoms with Crippen molar-refractivity contribution < 1.29 is 8.42 Å². The smallest absolute Gasteiger partial charge is 0.236 e. The van der Waals surface area contributed by atoms with Crippen LogP contribution < -0.4 is 10.0 Å². The molecule has 0 unspecified atom stereocenters. The van der Waals surface area contributed by atoms with Gasteiger partial charge in [-0.15, -0.1) is 0 Å². The van der Waals surface area contributed by atoms with Gasteiger partial charge < -0.3 is 5.73 Å². The Balaban J connectivity index is 2.34. The summed E-state index contributed by atoms with van der Waals surface area (Å²) in [7, 11) is -3.18. The Morgan fingerprint density at radius 3 is 3.00 bits per heavy atom. The third kappa shape index (κ3) is 2.57. The summed E-state index contributed by atoms with van der Waals surface area (Å²) in [6, 6.07) is 3.40. The molecule has 6 heteroatoms. The molecule has 2 heterocycles. The molecular formula is C11H13N3O2S. The average molecular weight is 251 g/mol. The SMILES string of the molecule is NCC#Cc1ccnc(N2CCCS2(=O)=O)c1. The second kappa shape index (κ2) is 4.73. The highest BCUT2D eigenvalue weighted by Crippen LogP contribution is 2.22. The summed E-state index contributed by atoms with van der Waals surface area (Å²) in [4.78, 5) is 4.07. The molecule has 0 amide bonds. The van der Waals surface area contributed by atoms with Crippen LogP contribution >= 0.6 is 0 Å². The number of sulfonamides is 1. The number of rotatable bonds is 1. The second-order valence-electron chi connectivity index (χ2n) is 3.65. The number of nitrogens with zero attached hydrogens (tertiary/aromatic N) is 2. The van der Waals surface area contributed by atoms with Crippen molar-refractivity contribution in [2.24, 2.45) is 5.73 Å². The molecule has 17 heavy (non-hydrogen) atoms. The van der Waals surface area contributed by atoms with Crippen LogP contribution in [0.4, 0.5) is 5.82 Å².